The van der Waals surface area contributed by atoms with Gasteiger partial charge in [0.05, 0.1) is 13.2 Å². The summed E-state index contributed by atoms with van der Waals surface area (Å²) < 4.78 is 5.34. The van der Waals surface area contributed by atoms with E-state index in [4.69, 9.17) is 10.5 Å². The lowest BCUT2D eigenvalue weighted by Gasteiger charge is -2.26. The van der Waals surface area contributed by atoms with Crippen LogP contribution in [0.5, 0.6) is 0 Å². The molecule has 0 amide bonds. The third kappa shape index (κ3) is 6.88. The number of hydrogen-bond donors (Lipinski definition) is 2. The van der Waals surface area contributed by atoms with Gasteiger partial charge in [0.2, 0.25) is 0 Å². The van der Waals surface area contributed by atoms with Gasteiger partial charge in [0.25, 0.3) is 0 Å². The smallest absolute Gasteiger partial charge is 0.188 e. The maximum Gasteiger partial charge on any atom is 0.188 e. The molecular weight excluding hydrogens is 290 g/mol. The van der Waals surface area contributed by atoms with Crippen molar-refractivity contribution in [2.45, 2.75) is 6.42 Å². The van der Waals surface area contributed by atoms with Gasteiger partial charge in [0, 0.05) is 52.0 Å². The van der Waals surface area contributed by atoms with E-state index in [0.717, 1.165) is 58.9 Å². The molecule has 0 spiro atoms. The zero-order valence-corrected chi connectivity index (χ0v) is 14.1. The van der Waals surface area contributed by atoms with Gasteiger partial charge in [0.15, 0.2) is 5.96 Å². The number of nitrogens with two attached hydrogens (primary N) is 1. The van der Waals surface area contributed by atoms with Crippen molar-refractivity contribution >= 4 is 11.6 Å². The Labute approximate surface area is 139 Å². The molecule has 3 N–H and O–H groups in total. The van der Waals surface area contributed by atoms with E-state index in [-0.39, 0.29) is 0 Å². The molecule has 0 aliphatic carbocycles. The average molecular weight is 319 g/mol. The average Bonchev–Trinajstić information content (AvgIpc) is 2.60. The summed E-state index contributed by atoms with van der Waals surface area (Å²) in [7, 11) is 2.08. The highest BCUT2D eigenvalue weighted by Crippen LogP contribution is 2.09. The molecule has 0 unspecified atom stereocenters. The zero-order chi connectivity index (χ0) is 16.3. The van der Waals surface area contributed by atoms with Crippen LogP contribution in [0.1, 0.15) is 6.42 Å². The predicted octanol–water partition coefficient (Wildman–Crippen LogP) is 0.749. The fourth-order valence-corrected chi connectivity index (χ4v) is 2.54. The van der Waals surface area contributed by atoms with Crippen LogP contribution in [0.15, 0.2) is 35.3 Å². The SMILES string of the molecule is CN(CCNC(N)=NCCCN1CCOCC1)c1ccccc1. The number of rotatable bonds is 8. The Morgan fingerprint density at radius 2 is 2.04 bits per heavy atom. The van der Waals surface area contributed by atoms with Gasteiger partial charge in [-0.1, -0.05) is 18.2 Å². The predicted molar refractivity (Wildman–Crippen MR) is 96.1 cm³/mol. The van der Waals surface area contributed by atoms with Gasteiger partial charge >= 0.3 is 0 Å². The summed E-state index contributed by atoms with van der Waals surface area (Å²) in [6, 6.07) is 10.3. The largest absolute Gasteiger partial charge is 0.379 e. The van der Waals surface area contributed by atoms with Crippen LogP contribution in [-0.4, -0.2) is 70.4 Å². The first kappa shape index (κ1) is 17.6. The Hall–Kier alpha value is -1.79. The number of morpholine rings is 1. The van der Waals surface area contributed by atoms with Gasteiger partial charge in [-0.3, -0.25) is 9.89 Å². The molecule has 0 bridgehead atoms. The summed E-state index contributed by atoms with van der Waals surface area (Å²) >= 11 is 0. The molecule has 1 saturated heterocycles. The van der Waals surface area contributed by atoms with Crippen molar-refractivity contribution in [2.24, 2.45) is 10.7 Å². The maximum absolute atomic E-state index is 5.90. The van der Waals surface area contributed by atoms with Gasteiger partial charge in [0.1, 0.15) is 0 Å². The third-order valence-corrected chi connectivity index (χ3v) is 3.97. The monoisotopic (exact) mass is 319 g/mol. The van der Waals surface area contributed by atoms with Crippen LogP contribution in [0.2, 0.25) is 0 Å². The van der Waals surface area contributed by atoms with E-state index in [0.29, 0.717) is 5.96 Å². The summed E-state index contributed by atoms with van der Waals surface area (Å²) in [6.07, 6.45) is 1.03. The molecule has 0 atom stereocenters. The number of para-hydroxylation sites is 1. The second-order valence-corrected chi connectivity index (χ2v) is 5.76. The van der Waals surface area contributed by atoms with Crippen LogP contribution < -0.4 is 16.0 Å². The van der Waals surface area contributed by atoms with Crippen molar-refractivity contribution in [1.29, 1.82) is 0 Å². The third-order valence-electron chi connectivity index (χ3n) is 3.97. The fourth-order valence-electron chi connectivity index (χ4n) is 2.54. The molecule has 2 rings (SSSR count). The minimum Gasteiger partial charge on any atom is -0.379 e. The van der Waals surface area contributed by atoms with Crippen molar-refractivity contribution in [3.63, 3.8) is 0 Å². The van der Waals surface area contributed by atoms with Crippen molar-refractivity contribution in [1.82, 2.24) is 10.2 Å². The van der Waals surface area contributed by atoms with Crippen LogP contribution >= 0.6 is 0 Å². The number of benzene rings is 1. The normalized spacial score (nSPS) is 16.3. The van der Waals surface area contributed by atoms with Gasteiger partial charge < -0.3 is 20.7 Å². The second kappa shape index (κ2) is 10.1. The van der Waals surface area contributed by atoms with E-state index < -0.39 is 0 Å². The van der Waals surface area contributed by atoms with Crippen LogP contribution in [0, 0.1) is 0 Å². The summed E-state index contributed by atoms with van der Waals surface area (Å²) in [5.41, 5.74) is 7.11. The fraction of sp³-hybridized carbons (Fsp3) is 0.588. The van der Waals surface area contributed by atoms with Gasteiger partial charge in [-0.05, 0) is 18.6 Å². The van der Waals surface area contributed by atoms with E-state index in [1.165, 1.54) is 5.69 Å². The van der Waals surface area contributed by atoms with Crippen molar-refractivity contribution in [3.8, 4) is 0 Å². The first-order chi connectivity index (χ1) is 11.3. The number of hydrogen-bond acceptors (Lipinski definition) is 4. The molecule has 1 heterocycles. The Kier molecular flexibility index (Phi) is 7.69. The van der Waals surface area contributed by atoms with Crippen molar-refractivity contribution < 1.29 is 4.74 Å². The quantitative estimate of drug-likeness (QED) is 0.420. The van der Waals surface area contributed by atoms with Gasteiger partial charge in [-0.2, -0.15) is 0 Å². The molecule has 1 aliphatic heterocycles. The van der Waals surface area contributed by atoms with Crippen molar-refractivity contribution in [2.75, 3.05) is 64.4 Å². The molecule has 1 aliphatic rings. The number of guanidine groups is 1. The minimum absolute atomic E-state index is 0.536. The Balaban J connectivity index is 1.56. The number of aliphatic imine (C=N–C) groups is 1. The van der Waals surface area contributed by atoms with E-state index in [1.54, 1.807) is 0 Å². The summed E-state index contributed by atoms with van der Waals surface area (Å²) in [6.45, 7) is 7.26. The molecule has 1 aromatic carbocycles. The molecule has 1 fully saturated rings. The Morgan fingerprint density at radius 3 is 2.78 bits per heavy atom. The molecule has 23 heavy (non-hydrogen) atoms. The summed E-state index contributed by atoms with van der Waals surface area (Å²) in [5.74, 6) is 0.536. The number of likely N-dealkylation sites (N-methyl/N-ethyl adjacent to an activating group) is 1. The molecule has 0 radical (unpaired) electrons. The van der Waals surface area contributed by atoms with Crippen LogP contribution in [0.25, 0.3) is 0 Å². The molecule has 1 aromatic rings. The Morgan fingerprint density at radius 1 is 1.30 bits per heavy atom. The number of ether oxygens (including phenoxy) is 1. The molecule has 0 saturated carbocycles. The molecule has 0 aromatic heterocycles. The van der Waals surface area contributed by atoms with Crippen LogP contribution in [-0.2, 0) is 4.74 Å². The summed E-state index contributed by atoms with van der Waals surface area (Å²) in [4.78, 5) is 8.99. The highest BCUT2D eigenvalue weighted by molar-refractivity contribution is 5.77. The van der Waals surface area contributed by atoms with Crippen molar-refractivity contribution in [3.05, 3.63) is 30.3 Å². The lowest BCUT2D eigenvalue weighted by atomic mass is 10.3. The first-order valence-electron chi connectivity index (χ1n) is 8.36. The molecule has 6 heteroatoms. The first-order valence-corrected chi connectivity index (χ1v) is 8.36. The topological polar surface area (TPSA) is 66.1 Å². The highest BCUT2D eigenvalue weighted by atomic mass is 16.5. The van der Waals surface area contributed by atoms with E-state index >= 15 is 0 Å². The number of anilines is 1. The second-order valence-electron chi connectivity index (χ2n) is 5.76. The number of nitrogens with zero attached hydrogens (tertiary/aromatic N) is 3. The molecule has 128 valence electrons. The summed E-state index contributed by atoms with van der Waals surface area (Å²) in [5, 5.41) is 3.17. The van der Waals surface area contributed by atoms with E-state index in [9.17, 15) is 0 Å². The van der Waals surface area contributed by atoms with Crippen LogP contribution in [0.3, 0.4) is 0 Å². The van der Waals surface area contributed by atoms with Gasteiger partial charge in [-0.15, -0.1) is 0 Å². The Bertz CT molecular complexity index is 459. The maximum atomic E-state index is 5.90. The van der Waals surface area contributed by atoms with Gasteiger partial charge in [-0.25, -0.2) is 0 Å². The highest BCUT2D eigenvalue weighted by Gasteiger charge is 2.08. The van der Waals surface area contributed by atoms with E-state index in [2.05, 4.69) is 39.3 Å². The van der Waals surface area contributed by atoms with Crippen LogP contribution in [0.4, 0.5) is 5.69 Å². The lowest BCUT2D eigenvalue weighted by Crippen LogP contribution is -2.38. The van der Waals surface area contributed by atoms with E-state index in [1.807, 2.05) is 18.2 Å². The lowest BCUT2D eigenvalue weighted by molar-refractivity contribution is 0.0377. The molecule has 6 nitrogen and oxygen atoms in total. The standard InChI is InChI=1S/C17H29N5O/c1-21(16-6-3-2-4-7-16)11-9-20-17(18)19-8-5-10-22-12-14-23-15-13-22/h2-4,6-7H,5,8-15H2,1H3,(H3,18,19,20). The minimum atomic E-state index is 0.536. The molecular formula is C17H29N5O. The zero-order valence-electron chi connectivity index (χ0n) is 14.1. The number of nitrogens with one attached hydrogen (secondary N) is 1.